The molecule has 0 saturated heterocycles. The number of anilines is 2. The van der Waals surface area contributed by atoms with Gasteiger partial charge in [-0.15, -0.1) is 6.58 Å². The van der Waals surface area contributed by atoms with Gasteiger partial charge in [-0.2, -0.15) is 0 Å². The lowest BCUT2D eigenvalue weighted by molar-refractivity contribution is 0.102. The summed E-state index contributed by atoms with van der Waals surface area (Å²) in [5, 5.41) is 5.54. The first-order chi connectivity index (χ1) is 9.70. The number of benzene rings is 1. The molecule has 2 N–H and O–H groups in total. The van der Waals surface area contributed by atoms with E-state index in [9.17, 15) is 9.18 Å². The average molecular weight is 271 g/mol. The van der Waals surface area contributed by atoms with Crippen molar-refractivity contribution in [2.24, 2.45) is 0 Å². The summed E-state index contributed by atoms with van der Waals surface area (Å²) in [6, 6.07) is 7.65. The highest BCUT2D eigenvalue weighted by atomic mass is 19.1. The quantitative estimate of drug-likeness (QED) is 0.822. The first kappa shape index (κ1) is 13.7. The highest BCUT2D eigenvalue weighted by Crippen LogP contribution is 2.15. The SMILES string of the molecule is C=CCNc1cncc(C(=O)Nc2ccccc2F)c1. The second-order valence-electron chi connectivity index (χ2n) is 4.07. The van der Waals surface area contributed by atoms with Crippen LogP contribution >= 0.6 is 0 Å². The number of halogens is 1. The van der Waals surface area contributed by atoms with Crippen LogP contribution in [0.15, 0.2) is 55.4 Å². The van der Waals surface area contributed by atoms with Gasteiger partial charge in [-0.05, 0) is 18.2 Å². The minimum atomic E-state index is -0.477. The molecule has 1 heterocycles. The van der Waals surface area contributed by atoms with Gasteiger partial charge in [-0.25, -0.2) is 4.39 Å². The molecule has 0 saturated carbocycles. The van der Waals surface area contributed by atoms with Gasteiger partial charge in [0, 0.05) is 18.9 Å². The molecular weight excluding hydrogens is 257 g/mol. The van der Waals surface area contributed by atoms with Gasteiger partial charge in [0.05, 0.1) is 16.9 Å². The van der Waals surface area contributed by atoms with Crippen LogP contribution in [0, 0.1) is 5.82 Å². The maximum absolute atomic E-state index is 13.5. The van der Waals surface area contributed by atoms with Gasteiger partial charge < -0.3 is 10.6 Å². The maximum Gasteiger partial charge on any atom is 0.257 e. The summed E-state index contributed by atoms with van der Waals surface area (Å²) in [6.45, 7) is 4.16. The van der Waals surface area contributed by atoms with Gasteiger partial charge in [0.25, 0.3) is 5.91 Å². The number of carbonyl (C=O) groups excluding carboxylic acids is 1. The van der Waals surface area contributed by atoms with Crippen molar-refractivity contribution < 1.29 is 9.18 Å². The van der Waals surface area contributed by atoms with Crippen LogP contribution in [-0.2, 0) is 0 Å². The van der Waals surface area contributed by atoms with Crippen LogP contribution in [0.5, 0.6) is 0 Å². The lowest BCUT2D eigenvalue weighted by Gasteiger charge is -2.08. The Morgan fingerprint density at radius 3 is 2.90 bits per heavy atom. The zero-order chi connectivity index (χ0) is 14.4. The van der Waals surface area contributed by atoms with Gasteiger partial charge in [0.15, 0.2) is 0 Å². The van der Waals surface area contributed by atoms with Gasteiger partial charge in [-0.3, -0.25) is 9.78 Å². The fourth-order valence-electron chi connectivity index (χ4n) is 1.61. The Morgan fingerprint density at radius 1 is 1.35 bits per heavy atom. The van der Waals surface area contributed by atoms with E-state index in [-0.39, 0.29) is 5.69 Å². The summed E-state index contributed by atoms with van der Waals surface area (Å²) < 4.78 is 13.5. The lowest BCUT2D eigenvalue weighted by Crippen LogP contribution is -2.13. The molecule has 4 nitrogen and oxygen atoms in total. The third-order valence-corrected chi connectivity index (χ3v) is 2.57. The molecule has 0 fully saturated rings. The molecule has 2 rings (SSSR count). The van der Waals surface area contributed by atoms with Crippen LogP contribution in [0.2, 0.25) is 0 Å². The minimum absolute atomic E-state index is 0.141. The highest BCUT2D eigenvalue weighted by Gasteiger charge is 2.09. The van der Waals surface area contributed by atoms with E-state index in [1.165, 1.54) is 18.3 Å². The summed E-state index contributed by atoms with van der Waals surface area (Å²) >= 11 is 0. The number of hydrogen-bond donors (Lipinski definition) is 2. The molecule has 0 aliphatic rings. The number of pyridine rings is 1. The number of para-hydroxylation sites is 1. The first-order valence-electron chi connectivity index (χ1n) is 6.06. The molecule has 0 radical (unpaired) electrons. The van der Waals surface area contributed by atoms with E-state index in [0.29, 0.717) is 17.8 Å². The zero-order valence-electron chi connectivity index (χ0n) is 10.8. The topological polar surface area (TPSA) is 54.0 Å². The van der Waals surface area contributed by atoms with Crippen LogP contribution in [0.1, 0.15) is 10.4 Å². The molecule has 1 aromatic carbocycles. The molecule has 20 heavy (non-hydrogen) atoms. The smallest absolute Gasteiger partial charge is 0.257 e. The van der Waals surface area contributed by atoms with E-state index in [1.54, 1.807) is 30.5 Å². The van der Waals surface area contributed by atoms with E-state index in [4.69, 9.17) is 0 Å². The number of hydrogen-bond acceptors (Lipinski definition) is 3. The molecule has 0 aliphatic carbocycles. The van der Waals surface area contributed by atoms with E-state index in [0.717, 1.165) is 0 Å². The van der Waals surface area contributed by atoms with Crippen molar-refractivity contribution in [1.82, 2.24) is 4.98 Å². The first-order valence-corrected chi connectivity index (χ1v) is 6.06. The standard InChI is InChI=1S/C15H14FN3O/c1-2-7-18-12-8-11(9-17-10-12)15(20)19-14-6-4-3-5-13(14)16/h2-6,8-10,18H,1,7H2,(H,19,20). The molecule has 0 bridgehead atoms. The summed E-state index contributed by atoms with van der Waals surface area (Å²) in [7, 11) is 0. The van der Waals surface area contributed by atoms with Crippen LogP contribution in [0.3, 0.4) is 0 Å². The fraction of sp³-hybridized carbons (Fsp3) is 0.0667. The van der Waals surface area contributed by atoms with Crippen molar-refractivity contribution in [2.75, 3.05) is 17.2 Å². The summed E-state index contributed by atoms with van der Waals surface area (Å²) in [6.07, 6.45) is 4.73. The number of rotatable bonds is 5. The maximum atomic E-state index is 13.5. The Balaban J connectivity index is 2.13. The molecule has 102 valence electrons. The van der Waals surface area contributed by atoms with E-state index in [2.05, 4.69) is 22.2 Å². The van der Waals surface area contributed by atoms with Crippen LogP contribution < -0.4 is 10.6 Å². The monoisotopic (exact) mass is 271 g/mol. The molecule has 0 unspecified atom stereocenters. The Morgan fingerprint density at radius 2 is 2.15 bits per heavy atom. The molecule has 5 heteroatoms. The van der Waals surface area contributed by atoms with Gasteiger partial charge in [0.1, 0.15) is 5.82 Å². The third kappa shape index (κ3) is 3.41. The van der Waals surface area contributed by atoms with E-state index < -0.39 is 11.7 Å². The Hall–Kier alpha value is -2.69. The summed E-state index contributed by atoms with van der Waals surface area (Å²) in [5.74, 6) is -0.889. The van der Waals surface area contributed by atoms with Gasteiger partial charge in [-0.1, -0.05) is 18.2 Å². The summed E-state index contributed by atoms with van der Waals surface area (Å²) in [5.41, 5.74) is 1.19. The number of aromatic nitrogens is 1. The number of carbonyl (C=O) groups is 1. The molecule has 0 spiro atoms. The molecule has 1 aromatic heterocycles. The van der Waals surface area contributed by atoms with Crippen molar-refractivity contribution >= 4 is 17.3 Å². The highest BCUT2D eigenvalue weighted by molar-refractivity contribution is 6.04. The van der Waals surface area contributed by atoms with Crippen LogP contribution in [-0.4, -0.2) is 17.4 Å². The predicted octanol–water partition coefficient (Wildman–Crippen LogP) is 3.07. The van der Waals surface area contributed by atoms with Gasteiger partial charge in [0.2, 0.25) is 0 Å². The Bertz CT molecular complexity index is 628. The molecular formula is C15H14FN3O. The average Bonchev–Trinajstić information content (AvgIpc) is 2.48. The molecule has 2 aromatic rings. The zero-order valence-corrected chi connectivity index (χ0v) is 10.8. The normalized spacial score (nSPS) is 9.85. The van der Waals surface area contributed by atoms with Crippen molar-refractivity contribution in [2.45, 2.75) is 0 Å². The third-order valence-electron chi connectivity index (χ3n) is 2.57. The molecule has 0 atom stereocenters. The molecule has 1 amide bonds. The molecule has 0 aliphatic heterocycles. The number of nitrogens with zero attached hydrogens (tertiary/aromatic N) is 1. The van der Waals surface area contributed by atoms with Crippen molar-refractivity contribution in [3.63, 3.8) is 0 Å². The number of amides is 1. The van der Waals surface area contributed by atoms with Crippen molar-refractivity contribution in [1.29, 1.82) is 0 Å². The lowest BCUT2D eigenvalue weighted by atomic mass is 10.2. The second-order valence-corrected chi connectivity index (χ2v) is 4.07. The van der Waals surface area contributed by atoms with E-state index >= 15 is 0 Å². The Labute approximate surface area is 116 Å². The number of nitrogens with one attached hydrogen (secondary N) is 2. The summed E-state index contributed by atoms with van der Waals surface area (Å²) in [4.78, 5) is 16.0. The van der Waals surface area contributed by atoms with Gasteiger partial charge >= 0.3 is 0 Å². The van der Waals surface area contributed by atoms with Crippen LogP contribution in [0.25, 0.3) is 0 Å². The largest absolute Gasteiger partial charge is 0.380 e. The van der Waals surface area contributed by atoms with Crippen LogP contribution in [0.4, 0.5) is 15.8 Å². The second kappa shape index (κ2) is 6.47. The van der Waals surface area contributed by atoms with E-state index in [1.807, 2.05) is 0 Å². The fourth-order valence-corrected chi connectivity index (χ4v) is 1.61. The van der Waals surface area contributed by atoms with Crippen molar-refractivity contribution in [3.8, 4) is 0 Å². The Kier molecular flexibility index (Phi) is 4.44. The predicted molar refractivity (Wildman–Crippen MR) is 77.3 cm³/mol. The van der Waals surface area contributed by atoms with Crippen molar-refractivity contribution in [3.05, 3.63) is 66.8 Å². The minimum Gasteiger partial charge on any atom is -0.380 e.